The van der Waals surface area contributed by atoms with E-state index < -0.39 is 22.9 Å². The zero-order valence-electron chi connectivity index (χ0n) is 18.0. The van der Waals surface area contributed by atoms with Gasteiger partial charge in [-0.25, -0.2) is 0 Å². The molecule has 0 aliphatic carbocycles. The van der Waals surface area contributed by atoms with Crippen LogP contribution in [0.15, 0.2) is 42.5 Å². The summed E-state index contributed by atoms with van der Waals surface area (Å²) in [4.78, 5) is 14.3. The van der Waals surface area contributed by atoms with Crippen LogP contribution in [0.1, 0.15) is 22.3 Å². The minimum atomic E-state index is -1.22. The van der Waals surface area contributed by atoms with Gasteiger partial charge in [0.1, 0.15) is 18.4 Å². The van der Waals surface area contributed by atoms with Crippen LogP contribution in [0.3, 0.4) is 0 Å². The molecule has 1 heterocycles. The standard InChI is InChI=1S/C24H28N2O5S/c1-32(30)16-22(28)23(25)24(29)26-11-10-19-14-18(4-7-20(19)15-26)3-2-17-5-8-21(9-6-17)31-13-12-27/h4-9,14,22-23,27-28H,10-13,15-16,25H2,1H3. The Morgan fingerprint density at radius 1 is 1.19 bits per heavy atom. The van der Waals surface area contributed by atoms with Gasteiger partial charge in [-0.05, 0) is 53.9 Å². The summed E-state index contributed by atoms with van der Waals surface area (Å²) in [7, 11) is -1.22. The van der Waals surface area contributed by atoms with Gasteiger partial charge in [-0.3, -0.25) is 9.00 Å². The number of carbonyl (C=O) groups excluding carboxylic acids is 1. The van der Waals surface area contributed by atoms with E-state index in [-0.39, 0.29) is 24.9 Å². The van der Waals surface area contributed by atoms with E-state index in [4.69, 9.17) is 15.6 Å². The fraction of sp³-hybridized carbons (Fsp3) is 0.375. The number of rotatable bonds is 7. The van der Waals surface area contributed by atoms with Gasteiger partial charge in [0, 0.05) is 41.3 Å². The van der Waals surface area contributed by atoms with Crippen LogP contribution in [0, 0.1) is 11.8 Å². The molecule has 7 nitrogen and oxygen atoms in total. The topological polar surface area (TPSA) is 113 Å². The summed E-state index contributed by atoms with van der Waals surface area (Å²) in [6, 6.07) is 12.2. The monoisotopic (exact) mass is 456 g/mol. The summed E-state index contributed by atoms with van der Waals surface area (Å²) >= 11 is 0. The van der Waals surface area contributed by atoms with Crippen molar-refractivity contribution in [2.24, 2.45) is 5.73 Å². The number of hydrogen-bond acceptors (Lipinski definition) is 6. The zero-order valence-corrected chi connectivity index (χ0v) is 18.8. The summed E-state index contributed by atoms with van der Waals surface area (Å²) in [5.41, 5.74) is 9.81. The minimum Gasteiger partial charge on any atom is -0.491 e. The first kappa shape index (κ1) is 24.0. The maximum absolute atomic E-state index is 12.6. The SMILES string of the molecule is CS(=O)CC(O)C(N)C(=O)N1CCc2cc(C#Cc3ccc(OCCO)cc3)ccc2C1. The molecule has 4 N–H and O–H groups in total. The van der Waals surface area contributed by atoms with Gasteiger partial charge in [0.05, 0.1) is 18.5 Å². The van der Waals surface area contributed by atoms with Crippen LogP contribution in [0.25, 0.3) is 0 Å². The number of benzene rings is 2. The van der Waals surface area contributed by atoms with Crippen molar-refractivity contribution in [1.29, 1.82) is 0 Å². The lowest BCUT2D eigenvalue weighted by Crippen LogP contribution is -2.52. The van der Waals surface area contributed by atoms with Crippen molar-refractivity contribution >= 4 is 16.7 Å². The molecule has 0 bridgehead atoms. The van der Waals surface area contributed by atoms with Crippen molar-refractivity contribution in [1.82, 2.24) is 4.90 Å². The number of aliphatic hydroxyl groups excluding tert-OH is 2. The van der Waals surface area contributed by atoms with Crippen LogP contribution in [-0.2, 0) is 28.6 Å². The van der Waals surface area contributed by atoms with E-state index in [0.29, 0.717) is 25.3 Å². The number of nitrogens with two attached hydrogens (primary N) is 1. The van der Waals surface area contributed by atoms with Crippen LogP contribution < -0.4 is 10.5 Å². The second kappa shape index (κ2) is 11.2. The average molecular weight is 457 g/mol. The number of hydrogen-bond donors (Lipinski definition) is 3. The van der Waals surface area contributed by atoms with E-state index in [1.807, 2.05) is 42.5 Å². The first-order valence-corrected chi connectivity index (χ1v) is 12.1. The molecule has 0 aromatic heterocycles. The smallest absolute Gasteiger partial charge is 0.242 e. The molecular weight excluding hydrogens is 428 g/mol. The molecule has 0 fully saturated rings. The lowest BCUT2D eigenvalue weighted by Gasteiger charge is -2.32. The Kier molecular flexibility index (Phi) is 8.42. The fourth-order valence-corrected chi connectivity index (χ4v) is 4.17. The normalized spacial score (nSPS) is 15.7. The van der Waals surface area contributed by atoms with Crippen molar-refractivity contribution in [2.75, 3.05) is 31.8 Å². The Balaban J connectivity index is 1.64. The van der Waals surface area contributed by atoms with Crippen LogP contribution in [0.5, 0.6) is 5.75 Å². The highest BCUT2D eigenvalue weighted by Gasteiger charge is 2.30. The molecule has 2 aromatic rings. The number of aliphatic hydroxyl groups is 2. The highest BCUT2D eigenvalue weighted by molar-refractivity contribution is 7.84. The molecule has 0 radical (unpaired) electrons. The Labute approximate surface area is 190 Å². The third-order valence-electron chi connectivity index (χ3n) is 5.20. The highest BCUT2D eigenvalue weighted by Crippen LogP contribution is 2.21. The molecule has 32 heavy (non-hydrogen) atoms. The number of nitrogens with zero attached hydrogens (tertiary/aromatic N) is 1. The van der Waals surface area contributed by atoms with E-state index >= 15 is 0 Å². The molecule has 3 atom stereocenters. The molecule has 3 unspecified atom stereocenters. The zero-order chi connectivity index (χ0) is 23.1. The Morgan fingerprint density at radius 2 is 1.88 bits per heavy atom. The molecule has 2 aromatic carbocycles. The van der Waals surface area contributed by atoms with E-state index in [0.717, 1.165) is 22.3 Å². The average Bonchev–Trinajstić information content (AvgIpc) is 2.80. The summed E-state index contributed by atoms with van der Waals surface area (Å²) in [6.07, 6.45) is 1.03. The quantitative estimate of drug-likeness (QED) is 0.520. The third kappa shape index (κ3) is 6.40. The lowest BCUT2D eigenvalue weighted by atomic mass is 9.96. The fourth-order valence-electron chi connectivity index (χ4n) is 3.48. The molecule has 0 saturated heterocycles. The summed E-state index contributed by atoms with van der Waals surface area (Å²) in [5, 5.41) is 18.8. The predicted molar refractivity (Wildman–Crippen MR) is 123 cm³/mol. The molecule has 1 amide bonds. The number of amides is 1. The maximum Gasteiger partial charge on any atom is 0.242 e. The number of fused-ring (bicyclic) bond motifs is 1. The predicted octanol–water partition coefficient (Wildman–Crippen LogP) is 0.409. The Bertz CT molecular complexity index is 1030. The number of carbonyl (C=O) groups is 1. The van der Waals surface area contributed by atoms with Gasteiger partial charge >= 0.3 is 0 Å². The van der Waals surface area contributed by atoms with Crippen molar-refractivity contribution in [2.45, 2.75) is 25.1 Å². The van der Waals surface area contributed by atoms with Gasteiger partial charge in [0.2, 0.25) is 5.91 Å². The Morgan fingerprint density at radius 3 is 2.56 bits per heavy atom. The van der Waals surface area contributed by atoms with Crippen molar-refractivity contribution in [3.8, 4) is 17.6 Å². The summed E-state index contributed by atoms with van der Waals surface area (Å²) < 4.78 is 16.6. The van der Waals surface area contributed by atoms with Gasteiger partial charge in [0.25, 0.3) is 0 Å². The first-order chi connectivity index (χ1) is 15.4. The third-order valence-corrected chi connectivity index (χ3v) is 6.01. The largest absolute Gasteiger partial charge is 0.491 e. The molecule has 1 aliphatic heterocycles. The lowest BCUT2D eigenvalue weighted by molar-refractivity contribution is -0.135. The molecule has 8 heteroatoms. The second-order valence-electron chi connectivity index (χ2n) is 7.67. The molecule has 0 spiro atoms. The second-order valence-corrected chi connectivity index (χ2v) is 9.15. The molecule has 3 rings (SSSR count). The molecule has 0 saturated carbocycles. The van der Waals surface area contributed by atoms with Gasteiger partial charge in [-0.1, -0.05) is 17.9 Å². The van der Waals surface area contributed by atoms with Crippen LogP contribution >= 0.6 is 0 Å². The van der Waals surface area contributed by atoms with Gasteiger partial charge in [-0.15, -0.1) is 0 Å². The first-order valence-electron chi connectivity index (χ1n) is 10.4. The molecular formula is C24H28N2O5S. The highest BCUT2D eigenvalue weighted by atomic mass is 32.2. The molecule has 170 valence electrons. The Hall–Kier alpha value is -2.70. The number of ether oxygens (including phenoxy) is 1. The van der Waals surface area contributed by atoms with Crippen molar-refractivity contribution in [3.63, 3.8) is 0 Å². The van der Waals surface area contributed by atoms with E-state index in [2.05, 4.69) is 11.8 Å². The van der Waals surface area contributed by atoms with Crippen molar-refractivity contribution < 1.29 is 24.0 Å². The van der Waals surface area contributed by atoms with E-state index in [9.17, 15) is 14.1 Å². The maximum atomic E-state index is 12.6. The minimum absolute atomic E-state index is 0.0161. The van der Waals surface area contributed by atoms with Crippen LogP contribution in [-0.4, -0.2) is 69.1 Å². The van der Waals surface area contributed by atoms with E-state index in [1.165, 1.54) is 6.26 Å². The van der Waals surface area contributed by atoms with Gasteiger partial charge in [0.15, 0.2) is 0 Å². The van der Waals surface area contributed by atoms with Gasteiger partial charge in [-0.2, -0.15) is 0 Å². The van der Waals surface area contributed by atoms with E-state index in [1.54, 1.807) is 4.90 Å². The van der Waals surface area contributed by atoms with Gasteiger partial charge < -0.3 is 25.6 Å². The molecule has 1 aliphatic rings. The van der Waals surface area contributed by atoms with Crippen LogP contribution in [0.4, 0.5) is 0 Å². The van der Waals surface area contributed by atoms with Crippen LogP contribution in [0.2, 0.25) is 0 Å². The van der Waals surface area contributed by atoms with Crippen molar-refractivity contribution in [3.05, 3.63) is 64.7 Å². The summed E-state index contributed by atoms with van der Waals surface area (Å²) in [5.74, 6) is 6.64. The summed E-state index contributed by atoms with van der Waals surface area (Å²) in [6.45, 7) is 1.16.